The van der Waals surface area contributed by atoms with Gasteiger partial charge in [0.1, 0.15) is 23.6 Å². The van der Waals surface area contributed by atoms with E-state index in [0.29, 0.717) is 18.5 Å². The number of imide groups is 2. The summed E-state index contributed by atoms with van der Waals surface area (Å²) < 4.78 is 18.7. The third-order valence-electron chi connectivity index (χ3n) is 11.1. The van der Waals surface area contributed by atoms with Gasteiger partial charge in [0.2, 0.25) is 11.8 Å². The molecule has 12 nitrogen and oxygen atoms in total. The number of hydrogen-bond acceptors (Lipinski definition) is 10. The van der Waals surface area contributed by atoms with Crippen molar-refractivity contribution in [3.8, 4) is 11.5 Å². The zero-order chi connectivity index (χ0) is 38.6. The summed E-state index contributed by atoms with van der Waals surface area (Å²) in [5.41, 5.74) is 4.42. The van der Waals surface area contributed by atoms with Crippen molar-refractivity contribution in [3.63, 3.8) is 0 Å². The van der Waals surface area contributed by atoms with E-state index in [1.54, 1.807) is 18.2 Å². The lowest BCUT2D eigenvalue weighted by Crippen LogP contribution is -2.54. The molecule has 2 aromatic carbocycles. The van der Waals surface area contributed by atoms with E-state index >= 15 is 0 Å². The Balaban J connectivity index is 0.692. The summed E-state index contributed by atoms with van der Waals surface area (Å²) in [6, 6.07) is 18.1. The zero-order valence-corrected chi connectivity index (χ0v) is 31.7. The van der Waals surface area contributed by atoms with Gasteiger partial charge in [0.15, 0.2) is 0 Å². The van der Waals surface area contributed by atoms with Crippen molar-refractivity contribution in [2.24, 2.45) is 0 Å². The molecule has 0 spiro atoms. The minimum Gasteiger partial charge on any atom is -0.494 e. The highest BCUT2D eigenvalue weighted by molar-refractivity contribution is 6.23. The first-order valence-electron chi connectivity index (χ1n) is 19.8. The van der Waals surface area contributed by atoms with Gasteiger partial charge < -0.3 is 19.1 Å². The number of nitrogens with one attached hydrogen (secondary N) is 1. The Hall–Kier alpha value is -5.46. The van der Waals surface area contributed by atoms with Crippen LogP contribution in [0.3, 0.4) is 0 Å². The van der Waals surface area contributed by atoms with E-state index in [2.05, 4.69) is 33.4 Å². The van der Waals surface area contributed by atoms with Crippen molar-refractivity contribution in [2.45, 2.75) is 89.1 Å². The summed E-state index contributed by atoms with van der Waals surface area (Å²) in [6.07, 6.45) is 13.7. The number of carbonyl (C=O) groups is 4. The lowest BCUT2D eigenvalue weighted by atomic mass is 9.91. The van der Waals surface area contributed by atoms with Gasteiger partial charge in [0.25, 0.3) is 11.8 Å². The summed E-state index contributed by atoms with van der Waals surface area (Å²) in [4.78, 5) is 62.3. The molecule has 1 saturated carbocycles. The van der Waals surface area contributed by atoms with Crippen LogP contribution >= 0.6 is 0 Å². The van der Waals surface area contributed by atoms with Gasteiger partial charge in [-0.1, -0.05) is 12.1 Å². The third-order valence-corrected chi connectivity index (χ3v) is 11.1. The number of pyridine rings is 2. The molecule has 12 heteroatoms. The molecular weight excluding hydrogens is 711 g/mol. The summed E-state index contributed by atoms with van der Waals surface area (Å²) in [7, 11) is 0. The van der Waals surface area contributed by atoms with Gasteiger partial charge in [-0.15, -0.1) is 0 Å². The lowest BCUT2D eigenvalue weighted by molar-refractivity contribution is -0.136. The molecule has 4 aromatic rings. The van der Waals surface area contributed by atoms with Crippen LogP contribution in [0.2, 0.25) is 0 Å². The molecule has 4 amide bonds. The van der Waals surface area contributed by atoms with Gasteiger partial charge in [0, 0.05) is 49.6 Å². The summed E-state index contributed by atoms with van der Waals surface area (Å²) in [5, 5.41) is 3.27. The largest absolute Gasteiger partial charge is 0.494 e. The molecule has 1 atom stereocenters. The molecule has 1 N–H and O–H groups in total. The number of rotatable bonds is 14. The highest BCUT2D eigenvalue weighted by Crippen LogP contribution is 2.33. The maximum atomic E-state index is 13.1. The maximum absolute atomic E-state index is 13.1. The van der Waals surface area contributed by atoms with E-state index < -0.39 is 29.7 Å². The van der Waals surface area contributed by atoms with Gasteiger partial charge in [-0.05, 0) is 118 Å². The van der Waals surface area contributed by atoms with E-state index in [1.807, 2.05) is 49.5 Å². The molecule has 290 valence electrons. The Bertz CT molecular complexity index is 2160. The molecule has 1 aliphatic carbocycles. The quantitative estimate of drug-likeness (QED) is 0.118. The number of unbranched alkanes of at least 4 members (excludes halogenated alkanes) is 2. The normalized spacial score (nSPS) is 21.7. The van der Waals surface area contributed by atoms with Crippen LogP contribution < -0.4 is 14.8 Å². The van der Waals surface area contributed by atoms with Crippen LogP contribution in [-0.2, 0) is 14.3 Å². The fourth-order valence-electron chi connectivity index (χ4n) is 7.94. The van der Waals surface area contributed by atoms with Crippen molar-refractivity contribution >= 4 is 46.7 Å². The van der Waals surface area contributed by atoms with Gasteiger partial charge in [-0.3, -0.25) is 34.4 Å². The summed E-state index contributed by atoms with van der Waals surface area (Å²) in [6.45, 7) is 5.61. The van der Waals surface area contributed by atoms with E-state index in [-0.39, 0.29) is 36.2 Å². The van der Waals surface area contributed by atoms with Crippen molar-refractivity contribution in [1.29, 1.82) is 0 Å². The second kappa shape index (κ2) is 16.7. The number of amides is 4. The van der Waals surface area contributed by atoms with Gasteiger partial charge in [-0.2, -0.15) is 0 Å². The Morgan fingerprint density at radius 1 is 0.804 bits per heavy atom. The Kier molecular flexibility index (Phi) is 11.2. The number of ether oxygens (including phenoxy) is 3. The van der Waals surface area contributed by atoms with Crippen molar-refractivity contribution in [3.05, 3.63) is 94.9 Å². The molecule has 3 fully saturated rings. The van der Waals surface area contributed by atoms with E-state index in [0.717, 1.165) is 103 Å². The Labute approximate surface area is 326 Å². The average Bonchev–Trinajstić information content (AvgIpc) is 3.43. The molecule has 5 heterocycles. The molecule has 0 radical (unpaired) electrons. The van der Waals surface area contributed by atoms with Gasteiger partial charge >= 0.3 is 0 Å². The molecule has 56 heavy (non-hydrogen) atoms. The average molecular weight is 758 g/mol. The number of aryl methyl sites for hydroxylation is 1. The first-order valence-corrected chi connectivity index (χ1v) is 19.8. The minimum absolute atomic E-state index is 0.0881. The van der Waals surface area contributed by atoms with Gasteiger partial charge in [-0.25, -0.2) is 4.98 Å². The predicted molar refractivity (Wildman–Crippen MR) is 210 cm³/mol. The minimum atomic E-state index is -0.979. The van der Waals surface area contributed by atoms with Crippen molar-refractivity contribution < 1.29 is 33.4 Å². The van der Waals surface area contributed by atoms with Crippen LogP contribution in [0.25, 0.3) is 23.1 Å². The maximum Gasteiger partial charge on any atom is 0.262 e. The molecule has 1 unspecified atom stereocenters. The fraction of sp³-hybridized carbons (Fsp3) is 0.409. The van der Waals surface area contributed by atoms with E-state index in [4.69, 9.17) is 19.2 Å². The molecule has 2 saturated heterocycles. The van der Waals surface area contributed by atoms with E-state index in [9.17, 15) is 19.2 Å². The van der Waals surface area contributed by atoms with E-state index in [1.165, 1.54) is 0 Å². The van der Waals surface area contributed by atoms with Crippen molar-refractivity contribution in [2.75, 3.05) is 26.2 Å². The summed E-state index contributed by atoms with van der Waals surface area (Å²) in [5.74, 6) is -0.676. The van der Waals surface area contributed by atoms with Crippen LogP contribution in [0.15, 0.2) is 66.9 Å². The predicted octanol–water partition coefficient (Wildman–Crippen LogP) is 6.15. The van der Waals surface area contributed by atoms with Gasteiger partial charge in [0.05, 0.1) is 41.2 Å². The number of nitrogens with zero attached hydrogens (tertiary/aromatic N) is 4. The Morgan fingerprint density at radius 3 is 2.45 bits per heavy atom. The Morgan fingerprint density at radius 2 is 1.62 bits per heavy atom. The molecule has 8 rings (SSSR count). The smallest absolute Gasteiger partial charge is 0.262 e. The SMILES string of the molecule is Cc1cc(/C=C/c2ccc3cc(O[C@H]4C[C@H](OC5CCN(CCCCCOc6ccc7c(c6)C(=O)N(C6CCC(=O)NC6=O)C7=O)CC5)C4)ccc3n2)ccn1. The first kappa shape index (κ1) is 37.5. The number of hydrogen-bond donors (Lipinski definition) is 1. The number of aromatic nitrogens is 2. The fourth-order valence-corrected chi connectivity index (χ4v) is 7.94. The second-order valence-corrected chi connectivity index (χ2v) is 15.2. The molecule has 3 aliphatic heterocycles. The topological polar surface area (TPSA) is 140 Å². The van der Waals surface area contributed by atoms with Crippen molar-refractivity contribution in [1.82, 2.24) is 25.1 Å². The molecule has 0 bridgehead atoms. The van der Waals surface area contributed by atoms with Crippen LogP contribution in [0.5, 0.6) is 11.5 Å². The number of benzene rings is 2. The second-order valence-electron chi connectivity index (χ2n) is 15.2. The highest BCUT2D eigenvalue weighted by Gasteiger charge is 2.44. The molecular formula is C44H47N5O7. The number of likely N-dealkylation sites (tertiary alicyclic amines) is 1. The molecule has 2 aromatic heterocycles. The highest BCUT2D eigenvalue weighted by atomic mass is 16.5. The lowest BCUT2D eigenvalue weighted by Gasteiger charge is -2.40. The number of fused-ring (bicyclic) bond motifs is 2. The van der Waals surface area contributed by atoms with Crippen LogP contribution in [0, 0.1) is 6.92 Å². The number of carbonyl (C=O) groups excluding carboxylic acids is 4. The standard InChI is InChI=1S/C44H47N5O7/c1-28-23-29(15-18-45-28)5-7-31-8-6-30-24-34(10-12-39(30)46-31)56-36-25-35(26-36)55-32-16-20-48(21-17-32)19-3-2-4-22-54-33-9-11-37-38(27-33)44(53)49(43(37)52)40-13-14-41(50)47-42(40)51/h5-12,15,18,23-24,27,32,35-36,40H,2-4,13-14,16-17,19-22,25-26H2,1H3,(H,47,50,51)/b7-5+/t35-,36-,40?. The van der Waals surface area contributed by atoms with Crippen LogP contribution in [-0.4, -0.2) is 94.0 Å². The van der Waals surface area contributed by atoms with Crippen LogP contribution in [0.4, 0.5) is 0 Å². The number of piperidine rings is 2. The monoisotopic (exact) mass is 757 g/mol. The zero-order valence-electron chi connectivity index (χ0n) is 31.7. The van der Waals surface area contributed by atoms with Crippen LogP contribution in [0.1, 0.15) is 95.5 Å². The molecule has 4 aliphatic rings. The summed E-state index contributed by atoms with van der Waals surface area (Å²) >= 11 is 0. The first-order chi connectivity index (χ1) is 27.3. The third kappa shape index (κ3) is 8.66.